The maximum absolute atomic E-state index is 12.8. The average Bonchev–Trinajstić information content (AvgIpc) is 2.28. The highest BCUT2D eigenvalue weighted by Gasteiger charge is 2.03. The highest BCUT2D eigenvalue weighted by molar-refractivity contribution is 9.10. The van der Waals surface area contributed by atoms with Crippen molar-refractivity contribution in [1.82, 2.24) is 4.98 Å². The molecule has 0 spiro atoms. The van der Waals surface area contributed by atoms with Gasteiger partial charge in [-0.25, -0.2) is 4.39 Å². The van der Waals surface area contributed by atoms with E-state index in [2.05, 4.69) is 20.9 Å². The molecule has 2 rings (SSSR count). The number of nitrogen functional groups attached to an aromatic ring is 1. The third-order valence-corrected chi connectivity index (χ3v) is 2.73. The van der Waals surface area contributed by atoms with Crippen molar-refractivity contribution >= 4 is 21.6 Å². The van der Waals surface area contributed by atoms with Crippen LogP contribution in [0.15, 0.2) is 41.0 Å². The molecule has 0 fully saturated rings. The number of pyridine rings is 1. The van der Waals surface area contributed by atoms with Gasteiger partial charge >= 0.3 is 0 Å². The van der Waals surface area contributed by atoms with E-state index in [1.807, 2.05) is 0 Å². The van der Waals surface area contributed by atoms with E-state index >= 15 is 0 Å². The Hall–Kier alpha value is -1.62. The molecule has 17 heavy (non-hydrogen) atoms. The van der Waals surface area contributed by atoms with E-state index in [1.165, 1.54) is 12.1 Å². The van der Waals surface area contributed by atoms with Crippen molar-refractivity contribution in [3.05, 3.63) is 52.5 Å². The number of halogens is 2. The highest BCUT2D eigenvalue weighted by atomic mass is 79.9. The van der Waals surface area contributed by atoms with Gasteiger partial charge in [0.1, 0.15) is 18.2 Å². The molecule has 0 aliphatic heterocycles. The molecule has 2 aromatic rings. The van der Waals surface area contributed by atoms with E-state index in [0.29, 0.717) is 15.9 Å². The predicted octanol–water partition coefficient (Wildman–Crippen LogP) is 3.14. The Morgan fingerprint density at radius 2 is 2.12 bits per heavy atom. The Balaban J connectivity index is 2.07. The summed E-state index contributed by atoms with van der Waals surface area (Å²) >= 11 is 3.23. The molecule has 0 saturated heterocycles. The fraction of sp³-hybridized carbons (Fsp3) is 0.0833. The zero-order valence-electron chi connectivity index (χ0n) is 8.86. The van der Waals surface area contributed by atoms with E-state index in [-0.39, 0.29) is 12.4 Å². The maximum atomic E-state index is 12.8. The summed E-state index contributed by atoms with van der Waals surface area (Å²) < 4.78 is 18.9. The lowest BCUT2D eigenvalue weighted by molar-refractivity contribution is 0.299. The zero-order valence-corrected chi connectivity index (χ0v) is 10.4. The number of ether oxygens (including phenoxy) is 1. The number of hydrogen-bond donors (Lipinski definition) is 1. The van der Waals surface area contributed by atoms with Gasteiger partial charge in [-0.05, 0) is 46.3 Å². The lowest BCUT2D eigenvalue weighted by Gasteiger charge is -2.07. The maximum Gasteiger partial charge on any atom is 0.134 e. The van der Waals surface area contributed by atoms with E-state index in [9.17, 15) is 4.39 Å². The van der Waals surface area contributed by atoms with E-state index in [1.54, 1.807) is 24.4 Å². The predicted molar refractivity (Wildman–Crippen MR) is 67.1 cm³/mol. The Kier molecular flexibility index (Phi) is 3.58. The minimum atomic E-state index is -0.314. The van der Waals surface area contributed by atoms with Crippen LogP contribution in [-0.2, 0) is 6.61 Å². The monoisotopic (exact) mass is 296 g/mol. The summed E-state index contributed by atoms with van der Waals surface area (Å²) in [5, 5.41) is 0. The number of nitrogens with two attached hydrogens (primary N) is 1. The molecule has 88 valence electrons. The molecule has 0 saturated carbocycles. The molecule has 5 heteroatoms. The largest absolute Gasteiger partial charge is 0.486 e. The molecule has 0 radical (unpaired) electrons. The van der Waals surface area contributed by atoms with Crippen LogP contribution >= 0.6 is 15.9 Å². The van der Waals surface area contributed by atoms with Crippen molar-refractivity contribution < 1.29 is 9.13 Å². The molecule has 2 N–H and O–H groups in total. The molecule has 0 unspecified atom stereocenters. The molecule has 1 heterocycles. The van der Waals surface area contributed by atoms with Crippen molar-refractivity contribution in [3.8, 4) is 5.75 Å². The fourth-order valence-corrected chi connectivity index (χ4v) is 1.79. The zero-order chi connectivity index (χ0) is 12.3. The number of nitrogens with zero attached hydrogens (tertiary/aromatic N) is 1. The molecule has 1 aromatic heterocycles. The van der Waals surface area contributed by atoms with Crippen LogP contribution in [0, 0.1) is 5.82 Å². The quantitative estimate of drug-likeness (QED) is 0.946. The molecular formula is C12H10BrFN2O. The number of anilines is 1. The van der Waals surface area contributed by atoms with Gasteiger partial charge in [0.05, 0.1) is 10.2 Å². The standard InChI is InChI=1S/C12H10BrFN2O/c13-11-5-8(14)1-2-12(11)17-7-10-6-9(15)3-4-16-10/h1-6H,7H2,(H2,15,16). The molecule has 0 atom stereocenters. The van der Waals surface area contributed by atoms with Crippen molar-refractivity contribution in [2.45, 2.75) is 6.61 Å². The van der Waals surface area contributed by atoms with Crippen molar-refractivity contribution in [2.24, 2.45) is 0 Å². The van der Waals surface area contributed by atoms with Crippen LogP contribution in [-0.4, -0.2) is 4.98 Å². The Bertz CT molecular complexity index is 534. The van der Waals surface area contributed by atoms with E-state index in [4.69, 9.17) is 10.5 Å². The first-order valence-electron chi connectivity index (χ1n) is 4.93. The summed E-state index contributed by atoms with van der Waals surface area (Å²) in [6.45, 7) is 0.287. The van der Waals surface area contributed by atoms with Crippen LogP contribution < -0.4 is 10.5 Å². The first kappa shape index (κ1) is 11.9. The van der Waals surface area contributed by atoms with Gasteiger partial charge in [0, 0.05) is 11.9 Å². The van der Waals surface area contributed by atoms with Crippen LogP contribution in [0.5, 0.6) is 5.75 Å². The number of hydrogen-bond acceptors (Lipinski definition) is 3. The van der Waals surface area contributed by atoms with Crippen molar-refractivity contribution in [1.29, 1.82) is 0 Å². The van der Waals surface area contributed by atoms with E-state index < -0.39 is 0 Å². The Morgan fingerprint density at radius 3 is 2.82 bits per heavy atom. The van der Waals surface area contributed by atoms with Gasteiger partial charge in [-0.2, -0.15) is 0 Å². The lowest BCUT2D eigenvalue weighted by atomic mass is 10.3. The number of aromatic nitrogens is 1. The Morgan fingerprint density at radius 1 is 1.29 bits per heavy atom. The third-order valence-electron chi connectivity index (χ3n) is 2.11. The normalized spacial score (nSPS) is 10.2. The van der Waals surface area contributed by atoms with Gasteiger partial charge in [0.2, 0.25) is 0 Å². The van der Waals surface area contributed by atoms with Gasteiger partial charge < -0.3 is 10.5 Å². The highest BCUT2D eigenvalue weighted by Crippen LogP contribution is 2.26. The minimum absolute atomic E-state index is 0.287. The van der Waals surface area contributed by atoms with Crippen LogP contribution in [0.4, 0.5) is 10.1 Å². The van der Waals surface area contributed by atoms with Gasteiger partial charge in [-0.15, -0.1) is 0 Å². The van der Waals surface area contributed by atoms with Gasteiger partial charge in [-0.1, -0.05) is 0 Å². The van der Waals surface area contributed by atoms with Crippen molar-refractivity contribution in [3.63, 3.8) is 0 Å². The molecule has 0 bridgehead atoms. The summed E-state index contributed by atoms with van der Waals surface area (Å²) in [6.07, 6.45) is 1.62. The Labute approximate surface area is 107 Å². The summed E-state index contributed by atoms with van der Waals surface area (Å²) in [5.74, 6) is 0.252. The summed E-state index contributed by atoms with van der Waals surface area (Å²) in [6, 6.07) is 7.69. The SMILES string of the molecule is Nc1ccnc(COc2ccc(F)cc2Br)c1. The number of benzene rings is 1. The summed E-state index contributed by atoms with van der Waals surface area (Å²) in [5.41, 5.74) is 6.98. The lowest BCUT2D eigenvalue weighted by Crippen LogP contribution is -1.99. The van der Waals surface area contributed by atoms with Crippen molar-refractivity contribution in [2.75, 3.05) is 5.73 Å². The fourth-order valence-electron chi connectivity index (χ4n) is 1.32. The van der Waals surface area contributed by atoms with Crippen LogP contribution in [0.1, 0.15) is 5.69 Å². The first-order chi connectivity index (χ1) is 8.15. The van der Waals surface area contributed by atoms with E-state index in [0.717, 1.165) is 5.69 Å². The number of rotatable bonds is 3. The summed E-state index contributed by atoms with van der Waals surface area (Å²) in [4.78, 5) is 4.11. The van der Waals surface area contributed by atoms with Crippen LogP contribution in [0.3, 0.4) is 0 Å². The van der Waals surface area contributed by atoms with Gasteiger partial charge in [0.15, 0.2) is 0 Å². The second-order valence-electron chi connectivity index (χ2n) is 3.44. The van der Waals surface area contributed by atoms with Crippen LogP contribution in [0.25, 0.3) is 0 Å². The third kappa shape index (κ3) is 3.17. The molecular weight excluding hydrogens is 287 g/mol. The topological polar surface area (TPSA) is 48.1 Å². The minimum Gasteiger partial charge on any atom is -0.486 e. The second-order valence-corrected chi connectivity index (χ2v) is 4.30. The van der Waals surface area contributed by atoms with Crippen LogP contribution in [0.2, 0.25) is 0 Å². The molecule has 0 amide bonds. The van der Waals surface area contributed by atoms with Gasteiger partial charge in [0.25, 0.3) is 0 Å². The average molecular weight is 297 g/mol. The molecule has 0 aliphatic carbocycles. The first-order valence-corrected chi connectivity index (χ1v) is 5.73. The van der Waals surface area contributed by atoms with Gasteiger partial charge in [-0.3, -0.25) is 4.98 Å². The molecule has 1 aromatic carbocycles. The second kappa shape index (κ2) is 5.14. The smallest absolute Gasteiger partial charge is 0.134 e. The molecule has 0 aliphatic rings. The molecule has 3 nitrogen and oxygen atoms in total. The summed E-state index contributed by atoms with van der Waals surface area (Å²) in [7, 11) is 0.